The fourth-order valence-corrected chi connectivity index (χ4v) is 3.46. The summed E-state index contributed by atoms with van der Waals surface area (Å²) in [5, 5.41) is 0. The van der Waals surface area contributed by atoms with Crippen LogP contribution in [0.3, 0.4) is 0 Å². The van der Waals surface area contributed by atoms with E-state index in [9.17, 15) is 0 Å². The van der Waals surface area contributed by atoms with Crippen molar-refractivity contribution in [1.29, 1.82) is 0 Å². The Bertz CT molecular complexity index is 565. The molecule has 0 aliphatic carbocycles. The van der Waals surface area contributed by atoms with Crippen molar-refractivity contribution in [2.75, 3.05) is 52.5 Å². The van der Waals surface area contributed by atoms with E-state index in [1.807, 2.05) is 60.7 Å². The van der Waals surface area contributed by atoms with Crippen LogP contribution in [0.5, 0.6) is 11.5 Å². The number of nitrogens with zero attached hydrogens (tertiary/aromatic N) is 2. The number of rotatable bonds is 10. The number of benzene rings is 2. The minimum atomic E-state index is 0.793. The van der Waals surface area contributed by atoms with Gasteiger partial charge >= 0.3 is 0 Å². The van der Waals surface area contributed by atoms with Crippen LogP contribution >= 0.6 is 0 Å². The molecule has 1 aliphatic rings. The lowest BCUT2D eigenvalue weighted by molar-refractivity contribution is 0.221. The average molecular weight is 369 g/mol. The van der Waals surface area contributed by atoms with Gasteiger partial charge in [-0.25, -0.2) is 0 Å². The first-order valence-corrected chi connectivity index (χ1v) is 10.2. The second-order valence-electron chi connectivity index (χ2n) is 7.07. The molecule has 0 spiro atoms. The van der Waals surface area contributed by atoms with Crippen molar-refractivity contribution in [3.63, 3.8) is 0 Å². The van der Waals surface area contributed by atoms with Gasteiger partial charge < -0.3 is 19.3 Å². The molecular formula is C23H32N2O2. The largest absolute Gasteiger partial charge is 0.494 e. The Morgan fingerprint density at radius 1 is 0.593 bits per heavy atom. The Morgan fingerprint density at radius 2 is 1.04 bits per heavy atom. The maximum absolute atomic E-state index is 5.80. The SMILES string of the molecule is c1ccc(OCCCN2CCCN(CCCOc3ccccc3)CC2)cc1. The van der Waals surface area contributed by atoms with Gasteiger partial charge in [0.15, 0.2) is 0 Å². The minimum Gasteiger partial charge on any atom is -0.494 e. The molecule has 0 bridgehead atoms. The summed E-state index contributed by atoms with van der Waals surface area (Å²) in [5.74, 6) is 1.94. The molecule has 0 radical (unpaired) electrons. The third kappa shape index (κ3) is 7.61. The van der Waals surface area contributed by atoms with Gasteiger partial charge in [0.05, 0.1) is 13.2 Å². The highest BCUT2D eigenvalue weighted by Crippen LogP contribution is 2.10. The van der Waals surface area contributed by atoms with Crippen LogP contribution in [0, 0.1) is 0 Å². The zero-order valence-electron chi connectivity index (χ0n) is 16.3. The Kier molecular flexibility index (Phi) is 8.49. The lowest BCUT2D eigenvalue weighted by atomic mass is 10.3. The van der Waals surface area contributed by atoms with Crippen molar-refractivity contribution >= 4 is 0 Å². The van der Waals surface area contributed by atoms with Gasteiger partial charge in [-0.1, -0.05) is 36.4 Å². The molecule has 2 aromatic rings. The summed E-state index contributed by atoms with van der Waals surface area (Å²) in [6.07, 6.45) is 3.42. The molecule has 27 heavy (non-hydrogen) atoms. The smallest absolute Gasteiger partial charge is 0.119 e. The highest BCUT2D eigenvalue weighted by molar-refractivity contribution is 5.21. The summed E-state index contributed by atoms with van der Waals surface area (Å²) in [7, 11) is 0. The van der Waals surface area contributed by atoms with Gasteiger partial charge in [0.2, 0.25) is 0 Å². The molecule has 1 aliphatic heterocycles. The first-order chi connectivity index (χ1) is 13.4. The van der Waals surface area contributed by atoms with E-state index in [1.165, 1.54) is 19.5 Å². The topological polar surface area (TPSA) is 24.9 Å². The maximum atomic E-state index is 5.80. The van der Waals surface area contributed by atoms with Gasteiger partial charge in [-0.3, -0.25) is 0 Å². The van der Waals surface area contributed by atoms with E-state index in [1.54, 1.807) is 0 Å². The Hall–Kier alpha value is -2.04. The molecule has 2 aromatic carbocycles. The Labute approximate surface area is 163 Å². The van der Waals surface area contributed by atoms with Gasteiger partial charge in [0.25, 0.3) is 0 Å². The van der Waals surface area contributed by atoms with E-state index in [-0.39, 0.29) is 0 Å². The van der Waals surface area contributed by atoms with E-state index in [0.717, 1.165) is 63.7 Å². The highest BCUT2D eigenvalue weighted by atomic mass is 16.5. The molecule has 4 heteroatoms. The van der Waals surface area contributed by atoms with Crippen LogP contribution < -0.4 is 9.47 Å². The minimum absolute atomic E-state index is 0.793. The normalized spacial score (nSPS) is 16.0. The lowest BCUT2D eigenvalue weighted by Gasteiger charge is -2.21. The van der Waals surface area contributed by atoms with Crippen molar-refractivity contribution in [3.8, 4) is 11.5 Å². The van der Waals surface area contributed by atoms with Crippen LogP contribution in [-0.4, -0.2) is 62.3 Å². The fourth-order valence-electron chi connectivity index (χ4n) is 3.46. The number of hydrogen-bond acceptors (Lipinski definition) is 4. The summed E-state index contributed by atoms with van der Waals surface area (Å²) in [6.45, 7) is 8.54. The summed E-state index contributed by atoms with van der Waals surface area (Å²) >= 11 is 0. The van der Waals surface area contributed by atoms with Crippen LogP contribution in [0.2, 0.25) is 0 Å². The van der Waals surface area contributed by atoms with Crippen LogP contribution in [0.15, 0.2) is 60.7 Å². The predicted molar refractivity (Wildman–Crippen MR) is 111 cm³/mol. The van der Waals surface area contributed by atoms with Crippen LogP contribution in [0.4, 0.5) is 0 Å². The molecule has 0 N–H and O–H groups in total. The van der Waals surface area contributed by atoms with Crippen molar-refractivity contribution in [1.82, 2.24) is 9.80 Å². The highest BCUT2D eigenvalue weighted by Gasteiger charge is 2.14. The van der Waals surface area contributed by atoms with E-state index in [4.69, 9.17) is 9.47 Å². The average Bonchev–Trinajstić information content (AvgIpc) is 2.95. The van der Waals surface area contributed by atoms with Gasteiger partial charge in [0.1, 0.15) is 11.5 Å². The molecule has 0 aromatic heterocycles. The van der Waals surface area contributed by atoms with Gasteiger partial charge in [-0.05, 0) is 56.6 Å². The number of ether oxygens (including phenoxy) is 2. The van der Waals surface area contributed by atoms with Gasteiger partial charge in [0, 0.05) is 26.2 Å². The van der Waals surface area contributed by atoms with Crippen molar-refractivity contribution in [2.24, 2.45) is 0 Å². The number of hydrogen-bond donors (Lipinski definition) is 0. The summed E-state index contributed by atoms with van der Waals surface area (Å²) < 4.78 is 11.6. The molecule has 3 rings (SSSR count). The zero-order chi connectivity index (χ0) is 18.6. The molecular weight excluding hydrogens is 336 g/mol. The molecule has 1 saturated heterocycles. The molecule has 146 valence electrons. The molecule has 0 unspecified atom stereocenters. The quantitative estimate of drug-likeness (QED) is 0.593. The third-order valence-electron chi connectivity index (χ3n) is 4.94. The summed E-state index contributed by atoms with van der Waals surface area (Å²) in [4.78, 5) is 5.16. The van der Waals surface area contributed by atoms with E-state index < -0.39 is 0 Å². The molecule has 4 nitrogen and oxygen atoms in total. The molecule has 1 heterocycles. The zero-order valence-corrected chi connectivity index (χ0v) is 16.3. The van der Waals surface area contributed by atoms with Crippen molar-refractivity contribution in [2.45, 2.75) is 19.3 Å². The second-order valence-corrected chi connectivity index (χ2v) is 7.07. The van der Waals surface area contributed by atoms with Gasteiger partial charge in [-0.2, -0.15) is 0 Å². The Morgan fingerprint density at radius 3 is 1.48 bits per heavy atom. The lowest BCUT2D eigenvalue weighted by Crippen LogP contribution is -2.32. The second kappa shape index (κ2) is 11.6. The molecule has 0 atom stereocenters. The first kappa shape index (κ1) is 19.7. The fraction of sp³-hybridized carbons (Fsp3) is 0.478. The van der Waals surface area contributed by atoms with E-state index in [0.29, 0.717) is 0 Å². The standard InChI is InChI=1S/C23H32N2O2/c1-3-10-22(11-4-1)26-20-8-16-24-14-7-15-25(19-18-24)17-9-21-27-23-12-5-2-6-13-23/h1-6,10-13H,7-9,14-21H2. The third-order valence-corrected chi connectivity index (χ3v) is 4.94. The maximum Gasteiger partial charge on any atom is 0.119 e. The monoisotopic (exact) mass is 368 g/mol. The predicted octanol–water partition coefficient (Wildman–Crippen LogP) is 3.93. The molecule has 0 saturated carbocycles. The van der Waals surface area contributed by atoms with Crippen molar-refractivity contribution < 1.29 is 9.47 Å². The van der Waals surface area contributed by atoms with Crippen LogP contribution in [0.1, 0.15) is 19.3 Å². The van der Waals surface area contributed by atoms with E-state index in [2.05, 4.69) is 9.80 Å². The van der Waals surface area contributed by atoms with Gasteiger partial charge in [-0.15, -0.1) is 0 Å². The van der Waals surface area contributed by atoms with E-state index >= 15 is 0 Å². The Balaban J connectivity index is 1.25. The van der Waals surface area contributed by atoms with Crippen LogP contribution in [0.25, 0.3) is 0 Å². The molecule has 0 amide bonds. The summed E-state index contributed by atoms with van der Waals surface area (Å²) in [5.41, 5.74) is 0. The van der Waals surface area contributed by atoms with Crippen molar-refractivity contribution in [3.05, 3.63) is 60.7 Å². The first-order valence-electron chi connectivity index (χ1n) is 10.2. The number of para-hydroxylation sites is 2. The molecule has 1 fully saturated rings. The van der Waals surface area contributed by atoms with Crippen LogP contribution in [-0.2, 0) is 0 Å². The summed E-state index contributed by atoms with van der Waals surface area (Å²) in [6, 6.07) is 20.2.